The van der Waals surface area contributed by atoms with E-state index in [1.807, 2.05) is 24.4 Å². The number of ether oxygens (including phenoxy) is 1. The number of hydrogen-bond acceptors (Lipinski definition) is 8. The highest BCUT2D eigenvalue weighted by Crippen LogP contribution is 2.16. The Bertz CT molecular complexity index is 790. The van der Waals surface area contributed by atoms with Gasteiger partial charge in [0, 0.05) is 64.8 Å². The summed E-state index contributed by atoms with van der Waals surface area (Å²) in [5.74, 6) is 1.43. The van der Waals surface area contributed by atoms with Crippen molar-refractivity contribution in [2.24, 2.45) is 0 Å². The smallest absolute Gasteiger partial charge is 0.270 e. The molecule has 9 nitrogen and oxygen atoms in total. The van der Waals surface area contributed by atoms with Crippen LogP contribution < -0.4 is 15.1 Å². The number of carbonyl (C=O) groups is 1. The van der Waals surface area contributed by atoms with Crippen LogP contribution in [0, 0.1) is 0 Å². The molecule has 0 atom stereocenters. The normalized spacial score (nSPS) is 17.9. The van der Waals surface area contributed by atoms with Crippen molar-refractivity contribution in [1.82, 2.24) is 25.2 Å². The maximum atomic E-state index is 12.5. The molecule has 0 saturated carbocycles. The molecule has 2 aliphatic rings. The Kier molecular flexibility index (Phi) is 6.48. The van der Waals surface area contributed by atoms with Crippen molar-refractivity contribution in [2.75, 3.05) is 75.4 Å². The fourth-order valence-corrected chi connectivity index (χ4v) is 3.55. The van der Waals surface area contributed by atoms with Gasteiger partial charge in [-0.2, -0.15) is 0 Å². The first kappa shape index (κ1) is 19.5. The van der Waals surface area contributed by atoms with Crippen LogP contribution in [0.3, 0.4) is 0 Å². The Hall–Kier alpha value is -2.78. The topological polar surface area (TPSA) is 86.7 Å². The molecular formula is C20H27N7O2. The van der Waals surface area contributed by atoms with E-state index in [1.54, 1.807) is 12.3 Å². The lowest BCUT2D eigenvalue weighted by atomic mass is 10.3. The van der Waals surface area contributed by atoms with Gasteiger partial charge >= 0.3 is 0 Å². The molecule has 1 N–H and O–H groups in total. The van der Waals surface area contributed by atoms with Gasteiger partial charge in [0.1, 0.15) is 11.5 Å². The molecule has 4 rings (SSSR count). The van der Waals surface area contributed by atoms with Crippen molar-refractivity contribution in [3.63, 3.8) is 0 Å². The third kappa shape index (κ3) is 5.18. The Morgan fingerprint density at radius 1 is 0.966 bits per heavy atom. The summed E-state index contributed by atoms with van der Waals surface area (Å²) < 4.78 is 5.34. The van der Waals surface area contributed by atoms with Crippen molar-refractivity contribution >= 4 is 17.7 Å². The van der Waals surface area contributed by atoms with Gasteiger partial charge in [0.15, 0.2) is 0 Å². The number of aromatic nitrogens is 3. The van der Waals surface area contributed by atoms with Gasteiger partial charge in [-0.3, -0.25) is 9.69 Å². The second-order valence-electron chi connectivity index (χ2n) is 7.11. The maximum Gasteiger partial charge on any atom is 0.270 e. The number of amides is 1. The van der Waals surface area contributed by atoms with Crippen LogP contribution in [-0.4, -0.2) is 91.3 Å². The zero-order valence-electron chi connectivity index (χ0n) is 16.5. The molecule has 0 unspecified atom stereocenters. The van der Waals surface area contributed by atoms with Crippen molar-refractivity contribution in [3.8, 4) is 0 Å². The highest BCUT2D eigenvalue weighted by molar-refractivity contribution is 5.92. The van der Waals surface area contributed by atoms with Crippen LogP contribution in [0.25, 0.3) is 0 Å². The Morgan fingerprint density at radius 3 is 2.52 bits per heavy atom. The number of nitrogens with zero attached hydrogens (tertiary/aromatic N) is 6. The lowest BCUT2D eigenvalue weighted by Gasteiger charge is -2.35. The first-order valence-corrected chi connectivity index (χ1v) is 10.1. The SMILES string of the molecule is O=C(NCCN1CCOCC1)c1ccnc(N2CCN(c3ccccn3)CC2)n1. The molecule has 4 heterocycles. The van der Waals surface area contributed by atoms with E-state index in [-0.39, 0.29) is 5.91 Å². The van der Waals surface area contributed by atoms with Gasteiger partial charge in [-0.1, -0.05) is 6.07 Å². The predicted molar refractivity (Wildman–Crippen MR) is 110 cm³/mol. The number of piperazine rings is 1. The predicted octanol–water partition coefficient (Wildman–Crippen LogP) is 0.260. The standard InChI is InChI=1S/C20H27N7O2/c28-19(22-7-8-25-13-15-29-16-14-25)17-4-6-23-20(24-17)27-11-9-26(10-12-27)18-3-1-2-5-21-18/h1-6H,7-16H2,(H,22,28). The minimum absolute atomic E-state index is 0.158. The summed E-state index contributed by atoms with van der Waals surface area (Å²) in [5, 5.41) is 2.96. The van der Waals surface area contributed by atoms with Crippen molar-refractivity contribution in [2.45, 2.75) is 0 Å². The third-order valence-electron chi connectivity index (χ3n) is 5.23. The monoisotopic (exact) mass is 397 g/mol. The van der Waals surface area contributed by atoms with Crippen molar-refractivity contribution in [3.05, 3.63) is 42.4 Å². The number of nitrogens with one attached hydrogen (secondary N) is 1. The van der Waals surface area contributed by atoms with E-state index >= 15 is 0 Å². The highest BCUT2D eigenvalue weighted by atomic mass is 16.5. The van der Waals surface area contributed by atoms with Crippen molar-refractivity contribution < 1.29 is 9.53 Å². The molecule has 29 heavy (non-hydrogen) atoms. The summed E-state index contributed by atoms with van der Waals surface area (Å²) in [7, 11) is 0. The Balaban J connectivity index is 1.28. The number of carbonyl (C=O) groups excluding carboxylic acids is 1. The second kappa shape index (κ2) is 9.62. The van der Waals surface area contributed by atoms with E-state index in [0.29, 0.717) is 18.2 Å². The lowest BCUT2D eigenvalue weighted by Crippen LogP contribution is -2.47. The fraction of sp³-hybridized carbons (Fsp3) is 0.500. The minimum atomic E-state index is -0.158. The molecule has 2 fully saturated rings. The molecule has 1 amide bonds. The van der Waals surface area contributed by atoms with Crippen LogP contribution in [-0.2, 0) is 4.74 Å². The third-order valence-corrected chi connectivity index (χ3v) is 5.23. The van der Waals surface area contributed by atoms with Crippen LogP contribution in [0.2, 0.25) is 0 Å². The largest absolute Gasteiger partial charge is 0.379 e. The van der Waals surface area contributed by atoms with Gasteiger partial charge in [-0.05, 0) is 18.2 Å². The molecule has 9 heteroatoms. The molecule has 2 aromatic rings. The molecule has 154 valence electrons. The number of hydrogen-bond donors (Lipinski definition) is 1. The number of anilines is 2. The van der Waals surface area contributed by atoms with E-state index < -0.39 is 0 Å². The summed E-state index contributed by atoms with van der Waals surface area (Å²) >= 11 is 0. The molecule has 0 aromatic carbocycles. The van der Waals surface area contributed by atoms with Gasteiger partial charge in [-0.15, -0.1) is 0 Å². The zero-order chi connectivity index (χ0) is 19.9. The molecule has 0 aliphatic carbocycles. The summed E-state index contributed by atoms with van der Waals surface area (Å²) in [5.41, 5.74) is 0.407. The molecular weight excluding hydrogens is 370 g/mol. The van der Waals surface area contributed by atoms with E-state index in [4.69, 9.17) is 4.74 Å². The lowest BCUT2D eigenvalue weighted by molar-refractivity contribution is 0.0383. The van der Waals surface area contributed by atoms with Crippen molar-refractivity contribution in [1.29, 1.82) is 0 Å². The van der Waals surface area contributed by atoms with E-state index in [9.17, 15) is 4.79 Å². The van der Waals surface area contributed by atoms with Gasteiger partial charge in [0.25, 0.3) is 5.91 Å². The van der Waals surface area contributed by atoms with Gasteiger partial charge in [0.2, 0.25) is 5.95 Å². The summed E-state index contributed by atoms with van der Waals surface area (Å²) in [6, 6.07) is 7.61. The number of pyridine rings is 1. The van der Waals surface area contributed by atoms with Crippen LogP contribution in [0.5, 0.6) is 0 Å². The molecule has 2 saturated heterocycles. The highest BCUT2D eigenvalue weighted by Gasteiger charge is 2.21. The summed E-state index contributed by atoms with van der Waals surface area (Å²) in [6.45, 7) is 8.04. The van der Waals surface area contributed by atoms with Gasteiger partial charge in [0.05, 0.1) is 13.2 Å². The summed E-state index contributed by atoms with van der Waals surface area (Å²) in [4.78, 5) is 32.4. The molecule has 2 aliphatic heterocycles. The average Bonchev–Trinajstić information content (AvgIpc) is 2.80. The quantitative estimate of drug-likeness (QED) is 0.743. The Morgan fingerprint density at radius 2 is 1.76 bits per heavy atom. The fourth-order valence-electron chi connectivity index (χ4n) is 3.55. The molecule has 2 aromatic heterocycles. The Labute approximate surface area is 170 Å². The molecule has 0 spiro atoms. The number of rotatable bonds is 6. The molecule has 0 bridgehead atoms. The maximum absolute atomic E-state index is 12.5. The van der Waals surface area contributed by atoms with Crippen LogP contribution in [0.4, 0.5) is 11.8 Å². The summed E-state index contributed by atoms with van der Waals surface area (Å²) in [6.07, 6.45) is 3.47. The molecule has 0 radical (unpaired) electrons. The van der Waals surface area contributed by atoms with Crippen LogP contribution in [0.1, 0.15) is 10.5 Å². The van der Waals surface area contributed by atoms with Crippen LogP contribution >= 0.6 is 0 Å². The second-order valence-corrected chi connectivity index (χ2v) is 7.11. The number of morpholine rings is 1. The first-order valence-electron chi connectivity index (χ1n) is 10.1. The first-order chi connectivity index (χ1) is 14.3. The average molecular weight is 397 g/mol. The zero-order valence-corrected chi connectivity index (χ0v) is 16.5. The van der Waals surface area contributed by atoms with E-state index in [1.165, 1.54) is 0 Å². The minimum Gasteiger partial charge on any atom is -0.379 e. The van der Waals surface area contributed by atoms with Crippen LogP contribution in [0.15, 0.2) is 36.7 Å². The van der Waals surface area contributed by atoms with Gasteiger partial charge in [-0.25, -0.2) is 15.0 Å². The van der Waals surface area contributed by atoms with Gasteiger partial charge < -0.3 is 19.9 Å². The van der Waals surface area contributed by atoms with E-state index in [2.05, 4.69) is 35.0 Å². The van der Waals surface area contributed by atoms with E-state index in [0.717, 1.165) is 64.8 Å².